The van der Waals surface area contributed by atoms with Crippen LogP contribution in [0.3, 0.4) is 0 Å². The molecule has 11 rings (SSSR count). The van der Waals surface area contributed by atoms with Crippen molar-refractivity contribution in [3.8, 4) is 0 Å². The number of unbranched alkanes of at least 4 members (excludes halogenated alkanes) is 2. The maximum atomic E-state index is 12.9. The number of alkyl halides is 4. The smallest absolute Gasteiger partial charge is 0 e. The topological polar surface area (TPSA) is 216 Å². The minimum Gasteiger partial charge on any atom is 0 e. The molecule has 6 aliphatic rings. The minimum absolute atomic E-state index is 0. The first-order valence-electron chi connectivity index (χ1n) is 34.1. The molecule has 6 saturated heterocycles. The molecule has 6 aliphatic heterocycles. The Hall–Kier alpha value is 1.20. The van der Waals surface area contributed by atoms with E-state index in [2.05, 4.69) is 239 Å². The van der Waals surface area contributed by atoms with Crippen LogP contribution in [0.15, 0.2) is 149 Å². The zero-order chi connectivity index (χ0) is 78.9. The number of aryl methyl sites for hydroxylation is 3. The number of ether oxygens (including phenoxy) is 2. The molecule has 3 spiro atoms. The van der Waals surface area contributed by atoms with E-state index in [0.717, 1.165) is 96.8 Å². The van der Waals surface area contributed by atoms with Crippen LogP contribution in [0.5, 0.6) is 0 Å². The molecule has 3 N–H and O–H groups in total. The third-order valence-electron chi connectivity index (χ3n) is 16.8. The second-order valence-corrected chi connectivity index (χ2v) is 81.9. The van der Waals surface area contributed by atoms with Gasteiger partial charge >= 0.3 is 77.0 Å². The normalized spacial score (nSPS) is 16.0. The number of hydrogen-bond donors (Lipinski definition) is 3. The largest absolute Gasteiger partial charge is 0 e. The molecule has 0 aliphatic carbocycles. The molecule has 0 aromatic heterocycles. The van der Waals surface area contributed by atoms with E-state index in [4.69, 9.17) is 48.6 Å². The molecule has 33 heteroatoms. The van der Waals surface area contributed by atoms with Gasteiger partial charge in [-0.2, -0.15) is 11.2 Å². The van der Waals surface area contributed by atoms with E-state index >= 15 is 0 Å². The van der Waals surface area contributed by atoms with Gasteiger partial charge in [0.1, 0.15) is 10.6 Å². The first kappa shape index (κ1) is 103. The zero-order valence-corrected chi connectivity index (χ0v) is 85.2. The number of nitrogens with zero attached hydrogens (tertiary/aromatic N) is 5. The van der Waals surface area contributed by atoms with Gasteiger partial charge in [0.15, 0.2) is 0 Å². The monoisotopic (exact) mass is 2540 g/mol. The summed E-state index contributed by atoms with van der Waals surface area (Å²) in [5, 5.41) is 12.5. The van der Waals surface area contributed by atoms with Crippen molar-refractivity contribution < 1.29 is 74.2 Å². The van der Waals surface area contributed by atoms with Crippen LogP contribution >= 0.6 is 207 Å². The molecule has 6 fully saturated rings. The predicted octanol–water partition coefficient (Wildman–Crippen LogP) is 20.5. The molecular weight excluding hydrogens is 2440 g/mol. The number of rotatable bonds is 17. The molecule has 0 unspecified atom stereocenters. The van der Waals surface area contributed by atoms with E-state index in [0.29, 0.717) is 61.6 Å². The van der Waals surface area contributed by atoms with Crippen molar-refractivity contribution >= 4 is 250 Å². The number of nitrogens with one attached hydrogen (secondary N) is 2. The zero-order valence-electron chi connectivity index (χ0n) is 61.3. The van der Waals surface area contributed by atoms with Gasteiger partial charge in [-0.05, 0) is 189 Å². The average Bonchev–Trinajstić information content (AvgIpc) is 0.722. The second-order valence-electron chi connectivity index (χ2n) is 27.3. The predicted molar refractivity (Wildman–Crippen MR) is 493 cm³/mol. The molecular formula is C73H100Cl3I8N7O11S2V2-. The third kappa shape index (κ3) is 38.5. The van der Waals surface area contributed by atoms with Crippen LogP contribution in [-0.2, 0) is 80.9 Å². The van der Waals surface area contributed by atoms with Crippen molar-refractivity contribution in [2.24, 2.45) is 0 Å². The fourth-order valence-corrected chi connectivity index (χ4v) is 14.3. The van der Waals surface area contributed by atoms with Gasteiger partial charge in [-0.3, -0.25) is 23.8 Å². The van der Waals surface area contributed by atoms with Gasteiger partial charge in [-0.15, -0.1) is 0 Å². The summed E-state index contributed by atoms with van der Waals surface area (Å²) in [6, 6.07) is 42.8. The Labute approximate surface area is 764 Å². The van der Waals surface area contributed by atoms with Crippen molar-refractivity contribution in [3.05, 3.63) is 171 Å². The molecule has 0 bridgehead atoms. The van der Waals surface area contributed by atoms with E-state index in [-0.39, 0.29) is 73.9 Å². The Balaban J connectivity index is 0.000000449. The molecule has 0 saturated carbocycles. The molecule has 1 radical (unpaired) electrons. The summed E-state index contributed by atoms with van der Waals surface area (Å²) >= 11 is 30.1. The van der Waals surface area contributed by atoms with E-state index in [1.165, 1.54) is 53.1 Å². The summed E-state index contributed by atoms with van der Waals surface area (Å²) in [7, 11) is -2.12. The quantitative estimate of drug-likeness (QED) is 0.0197. The number of hydroxylamine groups is 1. The fraction of sp³-hybridized carbons (Fsp3) is 0.521. The summed E-state index contributed by atoms with van der Waals surface area (Å²) in [6.07, 6.45) is 11.3. The summed E-state index contributed by atoms with van der Waals surface area (Å²) in [5.41, 5.74) is 4.73. The van der Waals surface area contributed by atoms with Crippen molar-refractivity contribution in [3.63, 3.8) is 0 Å². The van der Waals surface area contributed by atoms with Gasteiger partial charge in [-0.1, -0.05) is 205 Å². The number of likely N-dealkylation sites (tertiary alicyclic amines) is 4. The first-order chi connectivity index (χ1) is 49.2. The molecule has 4 amide bonds. The summed E-state index contributed by atoms with van der Waals surface area (Å²) in [4.78, 5) is 58.2. The fourth-order valence-electron chi connectivity index (χ4n) is 11.4. The number of benzene rings is 5. The summed E-state index contributed by atoms with van der Waals surface area (Å²) in [5.74, 6) is 0.333. The van der Waals surface area contributed by atoms with Gasteiger partial charge in [-0.25, -0.2) is 31.9 Å². The Morgan fingerprint density at radius 2 is 0.877 bits per heavy atom. The number of halogens is 11. The van der Waals surface area contributed by atoms with Crippen LogP contribution < -0.4 is 10.8 Å². The Morgan fingerprint density at radius 3 is 1.16 bits per heavy atom. The van der Waals surface area contributed by atoms with Crippen LogP contribution in [0.1, 0.15) is 136 Å². The van der Waals surface area contributed by atoms with Crippen LogP contribution in [0.25, 0.3) is 0 Å². The van der Waals surface area contributed by atoms with Gasteiger partial charge in [0.2, 0.25) is 21.8 Å². The van der Waals surface area contributed by atoms with Gasteiger partial charge in [0.05, 0.1) is 26.4 Å². The van der Waals surface area contributed by atoms with Gasteiger partial charge in [0.25, 0.3) is 9.05 Å². The molecule has 6 heterocycles. The summed E-state index contributed by atoms with van der Waals surface area (Å²) < 4.78 is 61.9. The van der Waals surface area contributed by atoms with Crippen molar-refractivity contribution in [1.82, 2.24) is 34.7 Å². The van der Waals surface area contributed by atoms with Crippen LogP contribution in [0, 0.1) is 4.43 Å². The minimum atomic E-state index is -3.61. The van der Waals surface area contributed by atoms with Crippen molar-refractivity contribution in [2.75, 3.05) is 70.4 Å². The number of hydrogen-bond acceptors (Lipinski definition) is 13. The first-order valence-corrected chi connectivity index (χ1v) is 58.7. The molecule has 18 nitrogen and oxygen atoms in total. The maximum Gasteiger partial charge on any atom is 0 e. The molecule has 0 atom stereocenters. The average molecular weight is 2540 g/mol. The van der Waals surface area contributed by atoms with Crippen LogP contribution in [0.4, 0.5) is 9.59 Å². The van der Waals surface area contributed by atoms with Gasteiger partial charge < -0.3 is 52.4 Å². The van der Waals surface area contributed by atoms with Gasteiger partial charge in [0, 0.05) is 118 Å². The number of sulfonamides is 1. The SMILES string of the molecule is CC(C)(C)OC(=O)N1CCC12CN(C(=O)CCCCc1ccccc1)C2.CC(C)(C)OC(=O)N1CCC12CNC2.CC(I)(I)I.CI.C[CH-]I.O=C(CCCCc1ccccc1)N1CC2(CCN2S(=O)(=O)c2ccc(Cl)cc2)C1.O=S(=O)(Cl)c1ccc(Cl)cc1.ONCCCc1ccccc1.[I][V]([I])[I].[V]. The number of carbonyl (C=O) groups excluding carboxylic acids is 4. The van der Waals surface area contributed by atoms with Crippen molar-refractivity contribution in [2.45, 2.75) is 176 Å². The molecule has 593 valence electrons. The van der Waals surface area contributed by atoms with E-state index < -0.39 is 30.2 Å². The van der Waals surface area contributed by atoms with Crippen LogP contribution in [-0.4, -0.2) is 168 Å². The maximum absolute atomic E-state index is 12.9. The second kappa shape index (κ2) is 51.4. The van der Waals surface area contributed by atoms with E-state index in [1.54, 1.807) is 26.2 Å². The van der Waals surface area contributed by atoms with E-state index in [1.807, 2.05) is 110 Å². The molecule has 5 aromatic rings. The number of carbonyl (C=O) groups is 4. The molecule has 106 heavy (non-hydrogen) atoms. The Bertz CT molecular complexity index is 3600. The standard InChI is InChI=1S/C22H25ClN2O3S.C21H30N2O3.C10H18N2O2.C9H13NO.C6H4Cl2O2S.C2H3I3.C2H4I.CH3I.3HI.2V/c23-19-10-12-20(13-11-19)29(27,28)25-15-14-22(25)16-24(17-22)21(26)9-5-4-8-18-6-2-1-3-7-18;1-20(2,3)26-19(25)23-14-13-21(23)15-22(16-21)18(24)12-8-7-11-17-9-5-4-6-10-17;1-9(2,3)14-8(13)12-5-4-10(12)6-11-7-10;11-10-8-4-7-9-5-2-1-3-6-9;7-5-1-3-6(4-2-5)11(8,9)10;1-2(3,4)5;1-2-3;1-2;;;;;/h1-3,6-7,10-13H,4-5,8-9,14-17H2;4-6,9-10H,7-8,11-16H2,1-3H3;11H,4-7H2,1-3H3;1-3,5-6,10-11H,4,7-8H2;1-4H;1H3;2H,1H3;1H3;3*1H;;/q;;;;;;-1;;;;;;+3/p-3. The Morgan fingerprint density at radius 1 is 0.557 bits per heavy atom. The Kier molecular flexibility index (Phi) is 50.1. The van der Waals surface area contributed by atoms with Crippen LogP contribution in [0.2, 0.25) is 10.0 Å². The van der Waals surface area contributed by atoms with E-state index in [9.17, 15) is 36.0 Å². The van der Waals surface area contributed by atoms with Crippen molar-refractivity contribution in [1.29, 1.82) is 0 Å². The molecule has 5 aromatic carbocycles. The third-order valence-corrected chi connectivity index (χ3v) is 20.7. The summed E-state index contributed by atoms with van der Waals surface area (Å²) in [6.45, 7) is 22.4. The number of amides is 4.